The summed E-state index contributed by atoms with van der Waals surface area (Å²) in [6.45, 7) is 9.37. The molecule has 150 valence electrons. The van der Waals surface area contributed by atoms with Gasteiger partial charge in [-0.15, -0.1) is 0 Å². The van der Waals surface area contributed by atoms with E-state index < -0.39 is 0 Å². The molecule has 3 aromatic rings. The molecule has 0 aliphatic carbocycles. The highest BCUT2D eigenvalue weighted by Gasteiger charge is 2.25. The molecule has 1 atom stereocenters. The molecule has 3 rings (SSSR count). The first-order valence-corrected chi connectivity index (χ1v) is 10.2. The summed E-state index contributed by atoms with van der Waals surface area (Å²) in [5, 5.41) is 0.559. The SMILES string of the molecule is C=C(Cl)c1ccc(C(C)(CC)COCc2cccc(Oc3ccccc3)c2)cc1. The normalized spacial score (nSPS) is 12.9. The summed E-state index contributed by atoms with van der Waals surface area (Å²) in [5.74, 6) is 1.64. The van der Waals surface area contributed by atoms with E-state index in [1.54, 1.807) is 0 Å². The van der Waals surface area contributed by atoms with Crippen molar-refractivity contribution < 1.29 is 9.47 Å². The summed E-state index contributed by atoms with van der Waals surface area (Å²) in [6.07, 6.45) is 0.978. The van der Waals surface area contributed by atoms with Gasteiger partial charge in [0.15, 0.2) is 0 Å². The lowest BCUT2D eigenvalue weighted by atomic mass is 9.80. The maximum Gasteiger partial charge on any atom is 0.127 e. The minimum Gasteiger partial charge on any atom is -0.457 e. The molecule has 3 heteroatoms. The van der Waals surface area contributed by atoms with E-state index in [4.69, 9.17) is 21.1 Å². The molecule has 2 nitrogen and oxygen atoms in total. The number of rotatable bonds is 9. The molecule has 0 N–H and O–H groups in total. The predicted molar refractivity (Wildman–Crippen MR) is 122 cm³/mol. The molecule has 0 spiro atoms. The predicted octanol–water partition coefficient (Wildman–Crippen LogP) is 7.57. The lowest BCUT2D eigenvalue weighted by molar-refractivity contribution is 0.0747. The summed E-state index contributed by atoms with van der Waals surface area (Å²) < 4.78 is 12.0. The number of ether oxygens (including phenoxy) is 2. The van der Waals surface area contributed by atoms with Gasteiger partial charge in [-0.05, 0) is 47.4 Å². The maximum absolute atomic E-state index is 6.11. The molecule has 0 fully saturated rings. The van der Waals surface area contributed by atoms with Gasteiger partial charge in [0, 0.05) is 10.4 Å². The summed E-state index contributed by atoms with van der Waals surface area (Å²) in [4.78, 5) is 0. The van der Waals surface area contributed by atoms with Crippen LogP contribution in [0.4, 0.5) is 0 Å². The molecule has 0 saturated carbocycles. The van der Waals surface area contributed by atoms with Crippen LogP contribution in [0, 0.1) is 0 Å². The molecule has 1 unspecified atom stereocenters. The van der Waals surface area contributed by atoms with Crippen LogP contribution in [0.3, 0.4) is 0 Å². The maximum atomic E-state index is 6.11. The summed E-state index contributed by atoms with van der Waals surface area (Å²) in [6, 6.07) is 26.1. The largest absolute Gasteiger partial charge is 0.457 e. The van der Waals surface area contributed by atoms with Gasteiger partial charge < -0.3 is 9.47 Å². The van der Waals surface area contributed by atoms with E-state index in [2.05, 4.69) is 38.6 Å². The molecule has 0 saturated heterocycles. The number of halogens is 1. The molecular formula is C26H27ClO2. The van der Waals surface area contributed by atoms with Gasteiger partial charge in [0.2, 0.25) is 0 Å². The Kier molecular flexibility index (Phi) is 7.13. The Morgan fingerprint density at radius 1 is 0.931 bits per heavy atom. The minimum atomic E-state index is -0.0652. The second-order valence-electron chi connectivity index (χ2n) is 7.45. The highest BCUT2D eigenvalue weighted by Crippen LogP contribution is 2.30. The zero-order chi connectivity index (χ0) is 20.7. The second-order valence-corrected chi connectivity index (χ2v) is 7.91. The van der Waals surface area contributed by atoms with Crippen molar-refractivity contribution in [3.05, 3.63) is 102 Å². The second kappa shape index (κ2) is 9.78. The monoisotopic (exact) mass is 406 g/mol. The van der Waals surface area contributed by atoms with Gasteiger partial charge in [-0.3, -0.25) is 0 Å². The number of benzene rings is 3. The van der Waals surface area contributed by atoms with Gasteiger partial charge in [0.05, 0.1) is 13.2 Å². The van der Waals surface area contributed by atoms with Crippen molar-refractivity contribution in [2.75, 3.05) is 6.61 Å². The standard InChI is InChI=1S/C26H27ClO2/c1-4-26(3,23-15-13-22(14-16-23)20(2)27)19-28-18-21-9-8-12-25(17-21)29-24-10-6-5-7-11-24/h5-17H,2,4,18-19H2,1,3H3. The van der Waals surface area contributed by atoms with Crippen molar-refractivity contribution in [3.63, 3.8) is 0 Å². The van der Waals surface area contributed by atoms with E-state index in [-0.39, 0.29) is 5.41 Å². The van der Waals surface area contributed by atoms with Crippen LogP contribution in [-0.2, 0) is 16.8 Å². The smallest absolute Gasteiger partial charge is 0.127 e. The highest BCUT2D eigenvalue weighted by atomic mass is 35.5. The van der Waals surface area contributed by atoms with Crippen molar-refractivity contribution in [1.82, 2.24) is 0 Å². The van der Waals surface area contributed by atoms with Crippen LogP contribution < -0.4 is 4.74 Å². The van der Waals surface area contributed by atoms with E-state index in [1.165, 1.54) is 5.56 Å². The van der Waals surface area contributed by atoms with Crippen molar-refractivity contribution in [1.29, 1.82) is 0 Å². The Bertz CT molecular complexity index is 934. The van der Waals surface area contributed by atoms with Crippen LogP contribution in [0.2, 0.25) is 0 Å². The molecule has 0 bridgehead atoms. The van der Waals surface area contributed by atoms with E-state index >= 15 is 0 Å². The number of hydrogen-bond donors (Lipinski definition) is 0. The number of hydrogen-bond acceptors (Lipinski definition) is 2. The first-order chi connectivity index (χ1) is 14.0. The minimum absolute atomic E-state index is 0.0652. The third kappa shape index (κ3) is 5.72. The lowest BCUT2D eigenvalue weighted by Gasteiger charge is -2.29. The van der Waals surface area contributed by atoms with Crippen LogP contribution in [0.15, 0.2) is 85.4 Å². The fraction of sp³-hybridized carbons (Fsp3) is 0.231. The Morgan fingerprint density at radius 3 is 2.28 bits per heavy atom. The Labute approximate surface area is 178 Å². The van der Waals surface area contributed by atoms with E-state index in [1.807, 2.05) is 60.7 Å². The molecule has 0 heterocycles. The lowest BCUT2D eigenvalue weighted by Crippen LogP contribution is -2.27. The highest BCUT2D eigenvalue weighted by molar-refractivity contribution is 6.48. The van der Waals surface area contributed by atoms with Crippen molar-refractivity contribution in [3.8, 4) is 11.5 Å². The van der Waals surface area contributed by atoms with E-state index in [0.29, 0.717) is 18.2 Å². The zero-order valence-corrected chi connectivity index (χ0v) is 17.8. The fourth-order valence-electron chi connectivity index (χ4n) is 3.16. The molecule has 0 aliphatic rings. The molecule has 0 radical (unpaired) electrons. The Morgan fingerprint density at radius 2 is 1.62 bits per heavy atom. The Balaban J connectivity index is 1.61. The van der Waals surface area contributed by atoms with Gasteiger partial charge in [-0.1, -0.05) is 86.6 Å². The zero-order valence-electron chi connectivity index (χ0n) is 17.0. The van der Waals surface area contributed by atoms with Crippen LogP contribution >= 0.6 is 11.6 Å². The fourth-order valence-corrected chi connectivity index (χ4v) is 3.29. The van der Waals surface area contributed by atoms with Gasteiger partial charge in [-0.2, -0.15) is 0 Å². The summed E-state index contributed by atoms with van der Waals surface area (Å²) in [7, 11) is 0. The third-order valence-corrected chi connectivity index (χ3v) is 5.46. The average Bonchev–Trinajstić information content (AvgIpc) is 2.74. The van der Waals surface area contributed by atoms with Crippen LogP contribution in [0.1, 0.15) is 37.0 Å². The molecule has 0 amide bonds. The summed E-state index contributed by atoms with van der Waals surface area (Å²) in [5.41, 5.74) is 3.21. The van der Waals surface area contributed by atoms with Crippen molar-refractivity contribution >= 4 is 16.6 Å². The molecular weight excluding hydrogens is 380 g/mol. The third-order valence-electron chi connectivity index (χ3n) is 5.24. The van der Waals surface area contributed by atoms with Crippen LogP contribution in [0.5, 0.6) is 11.5 Å². The van der Waals surface area contributed by atoms with E-state index in [0.717, 1.165) is 29.0 Å². The van der Waals surface area contributed by atoms with Gasteiger partial charge in [-0.25, -0.2) is 0 Å². The number of para-hydroxylation sites is 1. The van der Waals surface area contributed by atoms with Crippen LogP contribution in [0.25, 0.3) is 5.03 Å². The van der Waals surface area contributed by atoms with E-state index in [9.17, 15) is 0 Å². The summed E-state index contributed by atoms with van der Waals surface area (Å²) >= 11 is 5.99. The molecule has 29 heavy (non-hydrogen) atoms. The first kappa shape index (κ1) is 21.2. The first-order valence-electron chi connectivity index (χ1n) is 9.85. The van der Waals surface area contributed by atoms with Crippen LogP contribution in [-0.4, -0.2) is 6.61 Å². The van der Waals surface area contributed by atoms with Gasteiger partial charge in [0.25, 0.3) is 0 Å². The average molecular weight is 407 g/mol. The van der Waals surface area contributed by atoms with Crippen molar-refractivity contribution in [2.45, 2.75) is 32.3 Å². The quantitative estimate of drug-likeness (QED) is 0.364. The molecule has 3 aromatic carbocycles. The Hall–Kier alpha value is -2.55. The van der Waals surface area contributed by atoms with Crippen molar-refractivity contribution in [2.24, 2.45) is 0 Å². The topological polar surface area (TPSA) is 18.5 Å². The van der Waals surface area contributed by atoms with Gasteiger partial charge >= 0.3 is 0 Å². The molecule has 0 aromatic heterocycles. The van der Waals surface area contributed by atoms with Gasteiger partial charge in [0.1, 0.15) is 11.5 Å². The molecule has 0 aliphatic heterocycles.